The highest BCUT2D eigenvalue weighted by atomic mass is 16.3. The Morgan fingerprint density at radius 3 is 1.51 bits per heavy atom. The number of furan rings is 1. The number of hydrogen-bond donors (Lipinski definition) is 0. The maximum atomic E-state index is 6.44. The molecule has 0 bridgehead atoms. The molecule has 7 aromatic carbocycles. The summed E-state index contributed by atoms with van der Waals surface area (Å²) in [6, 6.07) is 52.4. The first kappa shape index (κ1) is 25.4. The fraction of sp³-hybridized carbons (Fsp3) is 0. The molecule has 0 aliphatic carbocycles. The third kappa shape index (κ3) is 4.52. The van der Waals surface area contributed by atoms with Gasteiger partial charge in [-0.2, -0.15) is 0 Å². The lowest BCUT2D eigenvalue weighted by Crippen LogP contribution is -2.00. The summed E-state index contributed by atoms with van der Waals surface area (Å²) in [6.07, 6.45) is 0. The second-order valence-corrected chi connectivity index (χ2v) is 11.3. The van der Waals surface area contributed by atoms with Crippen LogP contribution in [0, 0.1) is 0 Å². The van der Waals surface area contributed by atoms with E-state index in [1.165, 1.54) is 27.3 Å². The summed E-state index contributed by atoms with van der Waals surface area (Å²) in [7, 11) is 0. The average molecular weight is 576 g/mol. The van der Waals surface area contributed by atoms with Crippen molar-refractivity contribution in [1.29, 1.82) is 0 Å². The lowest BCUT2D eigenvalue weighted by Gasteiger charge is -2.08. The first-order valence-electron chi connectivity index (χ1n) is 15.0. The molecular formula is C41H25N3O. The van der Waals surface area contributed by atoms with Gasteiger partial charge in [0.1, 0.15) is 11.2 Å². The van der Waals surface area contributed by atoms with Crippen molar-refractivity contribution in [3.8, 4) is 45.3 Å². The van der Waals surface area contributed by atoms with Gasteiger partial charge < -0.3 is 4.42 Å². The second-order valence-electron chi connectivity index (χ2n) is 11.3. The average Bonchev–Trinajstić information content (AvgIpc) is 3.47. The lowest BCUT2D eigenvalue weighted by molar-refractivity contribution is 0.669. The number of fused-ring (bicyclic) bond motifs is 5. The zero-order valence-electron chi connectivity index (χ0n) is 24.2. The molecule has 0 spiro atoms. The summed E-state index contributed by atoms with van der Waals surface area (Å²) < 4.78 is 6.44. The summed E-state index contributed by atoms with van der Waals surface area (Å²) >= 11 is 0. The third-order valence-electron chi connectivity index (χ3n) is 8.47. The Morgan fingerprint density at radius 1 is 0.311 bits per heavy atom. The Balaban J connectivity index is 1.15. The molecule has 0 amide bonds. The number of nitrogens with zero attached hydrogens (tertiary/aromatic N) is 3. The van der Waals surface area contributed by atoms with E-state index in [0.717, 1.165) is 44.0 Å². The summed E-state index contributed by atoms with van der Waals surface area (Å²) in [4.78, 5) is 14.6. The summed E-state index contributed by atoms with van der Waals surface area (Å²) in [5, 5.41) is 6.96. The zero-order chi connectivity index (χ0) is 29.7. The zero-order valence-corrected chi connectivity index (χ0v) is 24.2. The molecule has 0 radical (unpaired) electrons. The predicted molar refractivity (Wildman–Crippen MR) is 184 cm³/mol. The van der Waals surface area contributed by atoms with Crippen LogP contribution in [0.25, 0.3) is 88.8 Å². The Kier molecular flexibility index (Phi) is 5.78. The number of benzene rings is 7. The first-order chi connectivity index (χ1) is 22.2. The van der Waals surface area contributed by atoms with Crippen molar-refractivity contribution in [2.75, 3.05) is 0 Å². The van der Waals surface area contributed by atoms with Gasteiger partial charge in [-0.05, 0) is 69.1 Å². The van der Waals surface area contributed by atoms with Gasteiger partial charge in [0.25, 0.3) is 0 Å². The van der Waals surface area contributed by atoms with Crippen LogP contribution < -0.4 is 0 Å². The highest BCUT2D eigenvalue weighted by molar-refractivity contribution is 6.11. The first-order valence-corrected chi connectivity index (χ1v) is 15.0. The van der Waals surface area contributed by atoms with Crippen molar-refractivity contribution in [3.05, 3.63) is 152 Å². The van der Waals surface area contributed by atoms with Crippen LogP contribution in [0.5, 0.6) is 0 Å². The number of rotatable bonds is 4. The van der Waals surface area contributed by atoms with E-state index in [4.69, 9.17) is 19.4 Å². The monoisotopic (exact) mass is 575 g/mol. The Hall–Kier alpha value is -6.13. The van der Waals surface area contributed by atoms with Crippen molar-refractivity contribution in [3.63, 3.8) is 0 Å². The van der Waals surface area contributed by atoms with Gasteiger partial charge in [-0.1, -0.05) is 115 Å². The normalized spacial score (nSPS) is 11.6. The van der Waals surface area contributed by atoms with Crippen molar-refractivity contribution in [2.45, 2.75) is 0 Å². The molecule has 9 aromatic rings. The van der Waals surface area contributed by atoms with Crippen LogP contribution in [0.15, 0.2) is 156 Å². The van der Waals surface area contributed by atoms with Crippen molar-refractivity contribution in [2.24, 2.45) is 0 Å². The van der Waals surface area contributed by atoms with Crippen LogP contribution in [0.2, 0.25) is 0 Å². The largest absolute Gasteiger partial charge is 0.456 e. The highest BCUT2D eigenvalue weighted by Crippen LogP contribution is 2.36. The molecule has 45 heavy (non-hydrogen) atoms. The Bertz CT molecular complexity index is 2480. The van der Waals surface area contributed by atoms with Gasteiger partial charge in [0, 0.05) is 27.5 Å². The van der Waals surface area contributed by atoms with E-state index in [1.54, 1.807) is 0 Å². The van der Waals surface area contributed by atoms with Crippen molar-refractivity contribution in [1.82, 2.24) is 15.0 Å². The number of aromatic nitrogens is 3. The molecule has 0 unspecified atom stereocenters. The standard InChI is InChI=1S/C41H25N3O/c1-3-10-27(11-4-1)39-42-40(28-12-5-2-6-13-28)44-41(43-39)33-19-20-35-36-23-34-22-31(17-18-32(34)24-38(36)45-37(35)25-33)30-16-15-26-9-7-8-14-29(26)21-30/h1-25H. The van der Waals surface area contributed by atoms with Crippen molar-refractivity contribution < 1.29 is 4.42 Å². The molecule has 2 aromatic heterocycles. The molecule has 0 atom stereocenters. The summed E-state index contributed by atoms with van der Waals surface area (Å²) in [5.41, 5.74) is 6.83. The molecule has 9 rings (SSSR count). The van der Waals surface area contributed by atoms with Gasteiger partial charge in [-0.15, -0.1) is 0 Å². The van der Waals surface area contributed by atoms with Crippen LogP contribution in [0.4, 0.5) is 0 Å². The quantitative estimate of drug-likeness (QED) is 0.209. The minimum Gasteiger partial charge on any atom is -0.456 e. The molecule has 0 saturated heterocycles. The predicted octanol–water partition coefficient (Wildman–Crippen LogP) is 10.7. The maximum Gasteiger partial charge on any atom is 0.164 e. The van der Waals surface area contributed by atoms with Gasteiger partial charge in [0.2, 0.25) is 0 Å². The van der Waals surface area contributed by atoms with E-state index >= 15 is 0 Å². The molecule has 4 heteroatoms. The fourth-order valence-electron chi connectivity index (χ4n) is 6.14. The van der Waals surface area contributed by atoms with Gasteiger partial charge >= 0.3 is 0 Å². The Morgan fingerprint density at radius 2 is 0.822 bits per heavy atom. The van der Waals surface area contributed by atoms with E-state index in [0.29, 0.717) is 17.5 Å². The van der Waals surface area contributed by atoms with Crippen LogP contribution >= 0.6 is 0 Å². The molecule has 2 heterocycles. The molecule has 0 saturated carbocycles. The smallest absolute Gasteiger partial charge is 0.164 e. The van der Waals surface area contributed by atoms with Crippen LogP contribution in [0.3, 0.4) is 0 Å². The topological polar surface area (TPSA) is 51.8 Å². The molecule has 4 nitrogen and oxygen atoms in total. The summed E-state index contributed by atoms with van der Waals surface area (Å²) in [5.74, 6) is 1.88. The molecule has 0 aliphatic rings. The second kappa shape index (κ2) is 10.2. The van der Waals surface area contributed by atoms with Gasteiger partial charge in [-0.3, -0.25) is 0 Å². The van der Waals surface area contributed by atoms with E-state index in [2.05, 4.69) is 84.9 Å². The number of hydrogen-bond acceptors (Lipinski definition) is 4. The SMILES string of the molecule is c1ccc(-c2nc(-c3ccccc3)nc(-c3ccc4c(c3)oc3cc5ccc(-c6ccc7ccccc7c6)cc5cc34)n2)cc1. The molecule has 0 N–H and O–H groups in total. The molecule has 210 valence electrons. The molecule has 0 aliphatic heterocycles. The third-order valence-corrected chi connectivity index (χ3v) is 8.47. The van der Waals surface area contributed by atoms with Gasteiger partial charge in [0.15, 0.2) is 17.5 Å². The van der Waals surface area contributed by atoms with Crippen LogP contribution in [-0.4, -0.2) is 15.0 Å². The van der Waals surface area contributed by atoms with E-state index in [1.807, 2.05) is 66.7 Å². The maximum absolute atomic E-state index is 6.44. The van der Waals surface area contributed by atoms with Gasteiger partial charge in [0.05, 0.1) is 0 Å². The van der Waals surface area contributed by atoms with Gasteiger partial charge in [-0.25, -0.2) is 15.0 Å². The molecule has 0 fully saturated rings. The van der Waals surface area contributed by atoms with Crippen molar-refractivity contribution >= 4 is 43.5 Å². The highest BCUT2D eigenvalue weighted by Gasteiger charge is 2.15. The van der Waals surface area contributed by atoms with Crippen LogP contribution in [0.1, 0.15) is 0 Å². The van der Waals surface area contributed by atoms with E-state index in [-0.39, 0.29) is 0 Å². The molecular weight excluding hydrogens is 550 g/mol. The lowest BCUT2D eigenvalue weighted by atomic mass is 9.98. The van der Waals surface area contributed by atoms with E-state index < -0.39 is 0 Å². The fourth-order valence-corrected chi connectivity index (χ4v) is 6.14. The minimum absolute atomic E-state index is 0.607. The van der Waals surface area contributed by atoms with Crippen LogP contribution in [-0.2, 0) is 0 Å². The Labute approximate surface area is 259 Å². The summed E-state index contributed by atoms with van der Waals surface area (Å²) in [6.45, 7) is 0. The van der Waals surface area contributed by atoms with E-state index in [9.17, 15) is 0 Å². The minimum atomic E-state index is 0.607.